The minimum Gasteiger partial charge on any atom is -0.342 e. The van der Waals surface area contributed by atoms with Gasteiger partial charge in [-0.1, -0.05) is 0 Å². The molecule has 0 radical (unpaired) electrons. The van der Waals surface area contributed by atoms with Crippen molar-refractivity contribution >= 4 is 18.3 Å². The minimum absolute atomic E-state index is 0. The lowest BCUT2D eigenvalue weighted by Crippen LogP contribution is -2.55. The number of likely N-dealkylation sites (N-methyl/N-ethyl adjacent to an activating group) is 1. The van der Waals surface area contributed by atoms with Gasteiger partial charge in [0.05, 0.1) is 6.54 Å². The van der Waals surface area contributed by atoms with E-state index in [4.69, 9.17) is 5.73 Å². The molecule has 96 valence electrons. The molecule has 1 rings (SSSR count). The van der Waals surface area contributed by atoms with Crippen LogP contribution in [0.15, 0.2) is 0 Å². The number of hydrogen-bond acceptors (Lipinski definition) is 3. The molecule has 1 aliphatic rings. The molecule has 0 aromatic rings. The van der Waals surface area contributed by atoms with Gasteiger partial charge in [0.25, 0.3) is 0 Å². The second-order valence-electron chi connectivity index (χ2n) is 4.39. The van der Waals surface area contributed by atoms with Crippen molar-refractivity contribution in [3.8, 4) is 0 Å². The molecule has 0 spiro atoms. The molecular formula is C11H24ClN3O. The fourth-order valence-corrected chi connectivity index (χ4v) is 1.91. The van der Waals surface area contributed by atoms with Crippen LogP contribution >= 0.6 is 12.4 Å². The van der Waals surface area contributed by atoms with Crippen molar-refractivity contribution in [2.75, 3.05) is 26.2 Å². The molecule has 16 heavy (non-hydrogen) atoms. The maximum atomic E-state index is 11.6. The summed E-state index contributed by atoms with van der Waals surface area (Å²) in [5.74, 6) is 0.169. The first-order valence-corrected chi connectivity index (χ1v) is 5.88. The van der Waals surface area contributed by atoms with E-state index in [9.17, 15) is 4.79 Å². The number of halogens is 1. The summed E-state index contributed by atoms with van der Waals surface area (Å²) in [6.45, 7) is 6.74. The van der Waals surface area contributed by atoms with Gasteiger partial charge in [0.15, 0.2) is 0 Å². The van der Waals surface area contributed by atoms with Crippen LogP contribution in [0, 0.1) is 0 Å². The lowest BCUT2D eigenvalue weighted by molar-refractivity contribution is -0.129. The molecule has 0 heterocycles. The minimum atomic E-state index is -0.0382. The summed E-state index contributed by atoms with van der Waals surface area (Å²) in [6, 6.07) is 0. The second-order valence-corrected chi connectivity index (χ2v) is 4.39. The van der Waals surface area contributed by atoms with Gasteiger partial charge in [0.2, 0.25) is 5.91 Å². The standard InChI is InChI=1S/C11H23N3O.ClH/c1-3-14(4-2)10(15)8-13-9-11(12)6-5-7-11;/h13H,3-9,12H2,1-2H3;1H. The average Bonchev–Trinajstić information content (AvgIpc) is 2.17. The van der Waals surface area contributed by atoms with E-state index in [1.807, 2.05) is 18.7 Å². The normalized spacial score (nSPS) is 17.2. The number of nitrogens with one attached hydrogen (secondary N) is 1. The highest BCUT2D eigenvalue weighted by molar-refractivity contribution is 5.85. The maximum absolute atomic E-state index is 11.6. The Morgan fingerprint density at radius 1 is 1.38 bits per heavy atom. The third-order valence-electron chi connectivity index (χ3n) is 3.22. The van der Waals surface area contributed by atoms with Crippen LogP contribution < -0.4 is 11.1 Å². The predicted octanol–water partition coefficient (Wildman–Crippen LogP) is 0.748. The van der Waals surface area contributed by atoms with Crippen molar-refractivity contribution in [2.24, 2.45) is 5.73 Å². The first-order chi connectivity index (χ1) is 7.11. The Labute approximate surface area is 104 Å². The van der Waals surface area contributed by atoms with E-state index in [2.05, 4.69) is 5.32 Å². The van der Waals surface area contributed by atoms with Gasteiger partial charge in [-0.15, -0.1) is 12.4 Å². The highest BCUT2D eigenvalue weighted by Crippen LogP contribution is 2.27. The van der Waals surface area contributed by atoms with Crippen LogP contribution in [0.3, 0.4) is 0 Å². The predicted molar refractivity (Wildman–Crippen MR) is 68.8 cm³/mol. The smallest absolute Gasteiger partial charge is 0.236 e. The van der Waals surface area contributed by atoms with Crippen molar-refractivity contribution in [3.05, 3.63) is 0 Å². The molecule has 3 N–H and O–H groups in total. The fourth-order valence-electron chi connectivity index (χ4n) is 1.91. The molecule has 0 aliphatic heterocycles. The van der Waals surface area contributed by atoms with Gasteiger partial charge < -0.3 is 16.0 Å². The lowest BCUT2D eigenvalue weighted by atomic mass is 9.78. The molecule has 1 saturated carbocycles. The van der Waals surface area contributed by atoms with Crippen molar-refractivity contribution in [1.82, 2.24) is 10.2 Å². The number of amides is 1. The maximum Gasteiger partial charge on any atom is 0.236 e. The molecule has 1 aliphatic carbocycles. The van der Waals surface area contributed by atoms with Crippen molar-refractivity contribution in [1.29, 1.82) is 0 Å². The van der Waals surface area contributed by atoms with Crippen molar-refractivity contribution < 1.29 is 4.79 Å². The number of rotatable bonds is 6. The molecule has 0 aromatic carbocycles. The van der Waals surface area contributed by atoms with Gasteiger partial charge in [0, 0.05) is 25.2 Å². The Bertz CT molecular complexity index is 215. The fraction of sp³-hybridized carbons (Fsp3) is 0.909. The van der Waals surface area contributed by atoms with E-state index in [1.54, 1.807) is 0 Å². The Morgan fingerprint density at radius 2 is 1.94 bits per heavy atom. The van der Waals surface area contributed by atoms with Crippen LogP contribution in [-0.2, 0) is 4.79 Å². The number of hydrogen-bond donors (Lipinski definition) is 2. The molecule has 0 unspecified atom stereocenters. The third kappa shape index (κ3) is 4.28. The molecule has 1 amide bonds. The van der Waals surface area contributed by atoms with E-state index in [0.29, 0.717) is 6.54 Å². The SMILES string of the molecule is CCN(CC)C(=O)CNCC1(N)CCC1.Cl. The molecule has 0 atom stereocenters. The van der Waals surface area contributed by atoms with Gasteiger partial charge in [-0.05, 0) is 33.1 Å². The Balaban J connectivity index is 0.00000225. The van der Waals surface area contributed by atoms with Gasteiger partial charge in [-0.2, -0.15) is 0 Å². The van der Waals surface area contributed by atoms with Crippen LogP contribution in [0.2, 0.25) is 0 Å². The van der Waals surface area contributed by atoms with Crippen LogP contribution in [0.5, 0.6) is 0 Å². The summed E-state index contributed by atoms with van der Waals surface area (Å²) < 4.78 is 0. The highest BCUT2D eigenvalue weighted by atomic mass is 35.5. The summed E-state index contributed by atoms with van der Waals surface area (Å²) >= 11 is 0. The summed E-state index contributed by atoms with van der Waals surface area (Å²) in [6.07, 6.45) is 3.39. The van der Waals surface area contributed by atoms with E-state index in [-0.39, 0.29) is 23.9 Å². The third-order valence-corrected chi connectivity index (χ3v) is 3.22. The van der Waals surface area contributed by atoms with E-state index >= 15 is 0 Å². The average molecular weight is 250 g/mol. The molecule has 5 heteroatoms. The number of carbonyl (C=O) groups excluding carboxylic acids is 1. The molecule has 0 bridgehead atoms. The van der Waals surface area contributed by atoms with Crippen LogP contribution in [-0.4, -0.2) is 42.5 Å². The summed E-state index contributed by atoms with van der Waals surface area (Å²) in [4.78, 5) is 13.5. The van der Waals surface area contributed by atoms with E-state index in [0.717, 1.165) is 32.5 Å². The van der Waals surface area contributed by atoms with Crippen molar-refractivity contribution in [2.45, 2.75) is 38.6 Å². The Kier molecular flexibility index (Phi) is 6.95. The zero-order valence-electron chi connectivity index (χ0n) is 10.3. The topological polar surface area (TPSA) is 58.4 Å². The first kappa shape index (κ1) is 15.7. The Hall–Kier alpha value is -0.320. The molecular weight excluding hydrogens is 226 g/mol. The van der Waals surface area contributed by atoms with Crippen LogP contribution in [0.1, 0.15) is 33.1 Å². The van der Waals surface area contributed by atoms with Gasteiger partial charge >= 0.3 is 0 Å². The molecule has 0 saturated heterocycles. The van der Waals surface area contributed by atoms with Gasteiger partial charge in [-0.25, -0.2) is 0 Å². The number of carbonyl (C=O) groups is 1. The van der Waals surface area contributed by atoms with Crippen LogP contribution in [0.25, 0.3) is 0 Å². The largest absolute Gasteiger partial charge is 0.342 e. The summed E-state index contributed by atoms with van der Waals surface area (Å²) in [7, 11) is 0. The first-order valence-electron chi connectivity index (χ1n) is 5.88. The zero-order valence-corrected chi connectivity index (χ0v) is 11.1. The van der Waals surface area contributed by atoms with E-state index in [1.165, 1.54) is 6.42 Å². The monoisotopic (exact) mass is 249 g/mol. The molecule has 4 nitrogen and oxygen atoms in total. The van der Waals surface area contributed by atoms with Crippen molar-refractivity contribution in [3.63, 3.8) is 0 Å². The van der Waals surface area contributed by atoms with Crippen LogP contribution in [0.4, 0.5) is 0 Å². The molecule has 0 aromatic heterocycles. The second kappa shape index (κ2) is 7.09. The van der Waals surface area contributed by atoms with Gasteiger partial charge in [0.1, 0.15) is 0 Å². The summed E-state index contributed by atoms with van der Waals surface area (Å²) in [5, 5.41) is 3.16. The quantitative estimate of drug-likeness (QED) is 0.730. The number of nitrogens with two attached hydrogens (primary N) is 1. The van der Waals surface area contributed by atoms with E-state index < -0.39 is 0 Å². The summed E-state index contributed by atoms with van der Waals surface area (Å²) in [5.41, 5.74) is 6.00. The zero-order chi connectivity index (χ0) is 11.3. The Morgan fingerprint density at radius 3 is 2.31 bits per heavy atom. The van der Waals surface area contributed by atoms with Gasteiger partial charge in [-0.3, -0.25) is 4.79 Å². The highest BCUT2D eigenvalue weighted by Gasteiger charge is 2.31. The lowest BCUT2D eigenvalue weighted by Gasteiger charge is -2.38. The molecule has 1 fully saturated rings. The number of nitrogens with zero attached hydrogens (tertiary/aromatic N) is 1.